The molecule has 3 N–H and O–H groups in total. The molecule has 29 heavy (non-hydrogen) atoms. The molecule has 1 heterocycles. The zero-order valence-corrected chi connectivity index (χ0v) is 17.3. The fourth-order valence-electron chi connectivity index (χ4n) is 3.48. The molecule has 5 nitrogen and oxygen atoms in total. The van der Waals surface area contributed by atoms with Crippen LogP contribution in [0.1, 0.15) is 31.4 Å². The van der Waals surface area contributed by atoms with E-state index >= 15 is 0 Å². The van der Waals surface area contributed by atoms with Crippen LogP contribution in [-0.2, 0) is 4.79 Å². The van der Waals surface area contributed by atoms with Gasteiger partial charge >= 0.3 is 0 Å². The zero-order valence-electron chi connectivity index (χ0n) is 17.3. The molecule has 2 aromatic carbocycles. The lowest BCUT2D eigenvalue weighted by Gasteiger charge is -2.18. The van der Waals surface area contributed by atoms with Gasteiger partial charge in [0.2, 0.25) is 0 Å². The number of aryl methyl sites for hydroxylation is 1. The third-order valence-electron chi connectivity index (χ3n) is 5.24. The predicted octanol–water partition coefficient (Wildman–Crippen LogP) is 4.68. The Kier molecular flexibility index (Phi) is 6.88. The van der Waals surface area contributed by atoms with Crippen LogP contribution in [0.5, 0.6) is 0 Å². The minimum atomic E-state index is -0.363. The van der Waals surface area contributed by atoms with E-state index in [4.69, 9.17) is 0 Å². The van der Waals surface area contributed by atoms with Crippen LogP contribution < -0.4 is 16.0 Å². The molecule has 0 saturated carbocycles. The summed E-state index contributed by atoms with van der Waals surface area (Å²) in [7, 11) is 0. The van der Waals surface area contributed by atoms with E-state index in [1.54, 1.807) is 12.3 Å². The summed E-state index contributed by atoms with van der Waals surface area (Å²) in [6.07, 6.45) is 2.73. The van der Waals surface area contributed by atoms with Crippen LogP contribution in [0, 0.1) is 12.7 Å². The van der Waals surface area contributed by atoms with Gasteiger partial charge in [0, 0.05) is 35.4 Å². The SMILES string of the molecule is CCN(CC)CCCNc1ccc(NC=C2C(=O)Nc3ccc(F)cc32)cc1C. The Labute approximate surface area is 172 Å². The summed E-state index contributed by atoms with van der Waals surface area (Å²) in [4.78, 5) is 14.6. The van der Waals surface area contributed by atoms with E-state index in [1.165, 1.54) is 12.1 Å². The van der Waals surface area contributed by atoms with Gasteiger partial charge < -0.3 is 20.9 Å². The van der Waals surface area contributed by atoms with E-state index in [0.29, 0.717) is 16.8 Å². The molecule has 0 unspecified atom stereocenters. The van der Waals surface area contributed by atoms with Crippen molar-refractivity contribution in [2.75, 3.05) is 42.1 Å². The Morgan fingerprint density at radius 1 is 1.14 bits per heavy atom. The number of hydrogen-bond donors (Lipinski definition) is 3. The monoisotopic (exact) mass is 396 g/mol. The molecule has 0 atom stereocenters. The summed E-state index contributed by atoms with van der Waals surface area (Å²) in [5.41, 5.74) is 4.74. The fraction of sp³-hybridized carbons (Fsp3) is 0.348. The maximum Gasteiger partial charge on any atom is 0.257 e. The van der Waals surface area contributed by atoms with Gasteiger partial charge in [-0.05, 0) is 74.9 Å². The topological polar surface area (TPSA) is 56.4 Å². The molecule has 1 aliphatic rings. The van der Waals surface area contributed by atoms with Crippen molar-refractivity contribution >= 4 is 28.5 Å². The number of hydrogen-bond acceptors (Lipinski definition) is 4. The average molecular weight is 397 g/mol. The fourth-order valence-corrected chi connectivity index (χ4v) is 3.48. The van der Waals surface area contributed by atoms with Gasteiger partial charge in [-0.3, -0.25) is 4.79 Å². The highest BCUT2D eigenvalue weighted by Gasteiger charge is 2.24. The van der Waals surface area contributed by atoms with Crippen LogP contribution in [-0.4, -0.2) is 37.0 Å². The molecule has 0 bridgehead atoms. The van der Waals surface area contributed by atoms with E-state index in [9.17, 15) is 9.18 Å². The lowest BCUT2D eigenvalue weighted by molar-refractivity contribution is -0.110. The largest absolute Gasteiger partial charge is 0.385 e. The maximum absolute atomic E-state index is 13.5. The van der Waals surface area contributed by atoms with E-state index in [0.717, 1.165) is 49.5 Å². The van der Waals surface area contributed by atoms with Gasteiger partial charge in [0.05, 0.1) is 5.57 Å². The Morgan fingerprint density at radius 2 is 1.93 bits per heavy atom. The standard InChI is InChI=1S/C23H29FN4O/c1-4-28(5-2)12-6-11-25-21-10-8-18(13-16(21)3)26-15-20-19-14-17(24)7-9-22(19)27-23(20)29/h7-10,13-15,25-26H,4-6,11-12H2,1-3H3,(H,27,29). The molecule has 3 rings (SSSR count). The van der Waals surface area contributed by atoms with Crippen molar-refractivity contribution in [2.24, 2.45) is 0 Å². The number of fused-ring (bicyclic) bond motifs is 1. The number of nitrogens with zero attached hydrogens (tertiary/aromatic N) is 1. The summed E-state index contributed by atoms with van der Waals surface area (Å²) in [5, 5.41) is 9.40. The maximum atomic E-state index is 13.5. The van der Waals surface area contributed by atoms with Crippen molar-refractivity contribution < 1.29 is 9.18 Å². The number of anilines is 3. The summed E-state index contributed by atoms with van der Waals surface area (Å²) >= 11 is 0. The van der Waals surface area contributed by atoms with Crippen LogP contribution in [0.2, 0.25) is 0 Å². The Hall–Kier alpha value is -2.86. The van der Waals surface area contributed by atoms with E-state index in [2.05, 4.69) is 41.6 Å². The second-order valence-electron chi connectivity index (χ2n) is 7.18. The van der Waals surface area contributed by atoms with Crippen molar-refractivity contribution in [2.45, 2.75) is 27.2 Å². The van der Waals surface area contributed by atoms with Crippen molar-refractivity contribution in [3.05, 3.63) is 59.5 Å². The highest BCUT2D eigenvalue weighted by molar-refractivity contribution is 6.31. The number of halogens is 1. The first kappa shape index (κ1) is 20.9. The minimum absolute atomic E-state index is 0.235. The number of benzene rings is 2. The van der Waals surface area contributed by atoms with Gasteiger partial charge in [0.1, 0.15) is 5.82 Å². The molecule has 0 aliphatic carbocycles. The first-order valence-corrected chi connectivity index (χ1v) is 10.2. The van der Waals surface area contributed by atoms with Crippen molar-refractivity contribution in [1.82, 2.24) is 4.90 Å². The number of nitrogens with one attached hydrogen (secondary N) is 3. The van der Waals surface area contributed by atoms with Crippen molar-refractivity contribution in [3.63, 3.8) is 0 Å². The molecule has 1 amide bonds. The quantitative estimate of drug-likeness (QED) is 0.425. The normalized spacial score (nSPS) is 14.2. The number of carbonyl (C=O) groups is 1. The molecule has 1 aliphatic heterocycles. The molecule has 0 saturated heterocycles. The first-order valence-electron chi connectivity index (χ1n) is 10.2. The highest BCUT2D eigenvalue weighted by Crippen LogP contribution is 2.32. The molecular weight excluding hydrogens is 367 g/mol. The van der Waals surface area contributed by atoms with E-state index in [-0.39, 0.29) is 11.7 Å². The summed E-state index contributed by atoms with van der Waals surface area (Å²) in [6.45, 7) is 10.6. The second-order valence-corrected chi connectivity index (χ2v) is 7.18. The third-order valence-corrected chi connectivity index (χ3v) is 5.24. The van der Waals surface area contributed by atoms with E-state index < -0.39 is 0 Å². The minimum Gasteiger partial charge on any atom is -0.385 e. The lowest BCUT2D eigenvalue weighted by atomic mass is 10.1. The van der Waals surface area contributed by atoms with Crippen LogP contribution >= 0.6 is 0 Å². The molecule has 0 fully saturated rings. The van der Waals surface area contributed by atoms with Crippen molar-refractivity contribution in [1.29, 1.82) is 0 Å². The molecule has 6 heteroatoms. The number of amides is 1. The van der Waals surface area contributed by atoms with Gasteiger partial charge in [0.15, 0.2) is 0 Å². The van der Waals surface area contributed by atoms with Gasteiger partial charge in [-0.25, -0.2) is 4.39 Å². The molecule has 0 spiro atoms. The number of carbonyl (C=O) groups excluding carboxylic acids is 1. The first-order chi connectivity index (χ1) is 14.0. The Bertz CT molecular complexity index is 906. The molecule has 2 aromatic rings. The number of rotatable bonds is 9. The van der Waals surface area contributed by atoms with Crippen LogP contribution in [0.4, 0.5) is 21.5 Å². The third kappa shape index (κ3) is 5.15. The molecule has 154 valence electrons. The molecule has 0 aromatic heterocycles. The van der Waals surface area contributed by atoms with Gasteiger partial charge in [-0.1, -0.05) is 13.8 Å². The van der Waals surface area contributed by atoms with E-state index in [1.807, 2.05) is 18.2 Å². The Morgan fingerprint density at radius 3 is 2.66 bits per heavy atom. The average Bonchev–Trinajstić information content (AvgIpc) is 3.02. The van der Waals surface area contributed by atoms with Crippen LogP contribution in [0.25, 0.3) is 5.57 Å². The van der Waals surface area contributed by atoms with Gasteiger partial charge in [-0.2, -0.15) is 0 Å². The second kappa shape index (κ2) is 9.56. The summed E-state index contributed by atoms with van der Waals surface area (Å²) in [6, 6.07) is 10.3. The van der Waals surface area contributed by atoms with Crippen molar-refractivity contribution in [3.8, 4) is 0 Å². The predicted molar refractivity (Wildman–Crippen MR) is 119 cm³/mol. The molecular formula is C23H29FN4O. The smallest absolute Gasteiger partial charge is 0.257 e. The van der Waals surface area contributed by atoms with Gasteiger partial charge in [-0.15, -0.1) is 0 Å². The summed E-state index contributed by atoms with van der Waals surface area (Å²) in [5.74, 6) is -0.597. The molecule has 0 radical (unpaired) electrons. The van der Waals surface area contributed by atoms with Crippen LogP contribution in [0.3, 0.4) is 0 Å². The van der Waals surface area contributed by atoms with Gasteiger partial charge in [0.25, 0.3) is 5.91 Å². The zero-order chi connectivity index (χ0) is 20.8. The summed E-state index contributed by atoms with van der Waals surface area (Å²) < 4.78 is 13.5. The highest BCUT2D eigenvalue weighted by atomic mass is 19.1. The Balaban J connectivity index is 1.61. The lowest BCUT2D eigenvalue weighted by Crippen LogP contribution is -2.25. The van der Waals surface area contributed by atoms with Crippen LogP contribution in [0.15, 0.2) is 42.6 Å².